The zero-order valence-electron chi connectivity index (χ0n) is 15.2. The first-order valence-electron chi connectivity index (χ1n) is 10.6. The van der Waals surface area contributed by atoms with Crippen LogP contribution >= 0.6 is 15.8 Å². The van der Waals surface area contributed by atoms with Crippen molar-refractivity contribution in [3.05, 3.63) is 0 Å². The fourth-order valence-electron chi connectivity index (χ4n) is 5.67. The van der Waals surface area contributed by atoms with Crippen molar-refractivity contribution < 1.29 is 10.2 Å². The van der Waals surface area contributed by atoms with Crippen molar-refractivity contribution in [2.75, 3.05) is 12.3 Å². The van der Waals surface area contributed by atoms with Gasteiger partial charge in [-0.2, -0.15) is 0 Å². The number of aliphatic hydroxyl groups excluding tert-OH is 1. The molecule has 2 heterocycles. The molecule has 0 amide bonds. The zero-order chi connectivity index (χ0) is 16.5. The van der Waals surface area contributed by atoms with Gasteiger partial charge >= 0.3 is 0 Å². The highest BCUT2D eigenvalue weighted by Gasteiger charge is 2.53. The van der Waals surface area contributed by atoms with Crippen LogP contribution in [0.2, 0.25) is 0 Å². The largest absolute Gasteiger partial charge is 0.368 e. The van der Waals surface area contributed by atoms with Gasteiger partial charge in [-0.3, -0.25) is 0 Å². The molecule has 2 saturated heterocycles. The molecule has 0 aromatic rings. The Morgan fingerprint density at radius 2 is 0.917 bits per heavy atom. The smallest absolute Gasteiger partial charge is 0.154 e. The lowest BCUT2D eigenvalue weighted by Gasteiger charge is -2.19. The number of fused-ring (bicyclic) bond motifs is 2. The molecule has 2 N–H and O–H groups in total. The van der Waals surface area contributed by atoms with Gasteiger partial charge in [0.25, 0.3) is 0 Å². The molecule has 4 aliphatic rings. The van der Waals surface area contributed by atoms with E-state index in [9.17, 15) is 10.2 Å². The van der Waals surface area contributed by atoms with Crippen LogP contribution in [0.1, 0.15) is 77.0 Å². The van der Waals surface area contributed by atoms with E-state index in [4.69, 9.17) is 0 Å². The highest BCUT2D eigenvalue weighted by atomic mass is 31.1. The van der Waals surface area contributed by atoms with Crippen molar-refractivity contribution in [3.8, 4) is 0 Å². The Balaban J connectivity index is 1.30. The third-order valence-corrected chi connectivity index (χ3v) is 14.2. The fraction of sp³-hybridized carbons (Fsp3) is 1.00. The molecule has 24 heavy (non-hydrogen) atoms. The van der Waals surface area contributed by atoms with Crippen LogP contribution in [-0.2, 0) is 0 Å². The molecule has 0 aromatic carbocycles. The van der Waals surface area contributed by atoms with E-state index in [1.54, 1.807) is 0 Å². The van der Waals surface area contributed by atoms with Gasteiger partial charge in [-0.05, 0) is 60.6 Å². The van der Waals surface area contributed by atoms with Crippen LogP contribution in [0, 0.1) is 5.92 Å². The summed E-state index contributed by atoms with van der Waals surface area (Å²) in [5.41, 5.74) is 4.01. The van der Waals surface area contributed by atoms with E-state index in [2.05, 4.69) is 0 Å². The summed E-state index contributed by atoms with van der Waals surface area (Å²) in [6.45, 7) is 0. The van der Waals surface area contributed by atoms with E-state index in [-0.39, 0.29) is 21.8 Å². The second-order valence-corrected chi connectivity index (χ2v) is 14.3. The van der Waals surface area contributed by atoms with Crippen LogP contribution in [0.5, 0.6) is 0 Å². The Hall–Kier alpha value is 0.780. The van der Waals surface area contributed by atoms with Gasteiger partial charge in [-0.1, -0.05) is 67.2 Å². The number of rotatable bonds is 5. The second-order valence-electron chi connectivity index (χ2n) is 8.82. The van der Waals surface area contributed by atoms with E-state index >= 15 is 0 Å². The van der Waals surface area contributed by atoms with Gasteiger partial charge in [0.05, 0.1) is 0 Å². The van der Waals surface area contributed by atoms with Gasteiger partial charge < -0.3 is 10.2 Å². The summed E-state index contributed by atoms with van der Waals surface area (Å²) in [6.07, 6.45) is 18.6. The molecule has 0 radical (unpaired) electrons. The van der Waals surface area contributed by atoms with Gasteiger partial charge in [-0.15, -0.1) is 0 Å². The average Bonchev–Trinajstić information content (AvgIpc) is 3.34. The summed E-state index contributed by atoms with van der Waals surface area (Å²) < 4.78 is 0. The maximum atomic E-state index is 10.0. The molecular weight excluding hydrogens is 334 g/mol. The van der Waals surface area contributed by atoms with Crippen LogP contribution in [0.15, 0.2) is 0 Å². The van der Waals surface area contributed by atoms with E-state index < -0.39 is 6.29 Å². The van der Waals surface area contributed by atoms with Crippen molar-refractivity contribution in [2.45, 2.75) is 106 Å². The van der Waals surface area contributed by atoms with Gasteiger partial charge in [0.2, 0.25) is 0 Å². The molecule has 2 aliphatic heterocycles. The lowest BCUT2D eigenvalue weighted by atomic mass is 10.0. The van der Waals surface area contributed by atoms with Gasteiger partial charge in [-0.25, -0.2) is 0 Å². The van der Waals surface area contributed by atoms with E-state index in [0.29, 0.717) is 0 Å². The quantitative estimate of drug-likeness (QED) is 0.523. The highest BCUT2D eigenvalue weighted by Crippen LogP contribution is 2.74. The monoisotopic (exact) mass is 370 g/mol. The van der Waals surface area contributed by atoms with Gasteiger partial charge in [0, 0.05) is 5.92 Å². The number of hydrogen-bond acceptors (Lipinski definition) is 2. The predicted molar refractivity (Wildman–Crippen MR) is 106 cm³/mol. The summed E-state index contributed by atoms with van der Waals surface area (Å²) in [6, 6.07) is 0. The Bertz CT molecular complexity index is 354. The molecular formula is C20H36O2P2. The molecule has 2 nitrogen and oxygen atoms in total. The topological polar surface area (TPSA) is 40.5 Å². The standard InChI is InChI=1S/C20H36O2P2/c21-20(22)15(13-23-16-9-5-1-2-6-10-17(16)23)14-24-18-11-7-3-4-8-12-19(18)24/h15-22H,1-14H2. The van der Waals surface area contributed by atoms with E-state index in [1.165, 1.54) is 89.4 Å². The minimum atomic E-state index is -1.05. The lowest BCUT2D eigenvalue weighted by Crippen LogP contribution is -2.24. The number of hydrogen-bond donors (Lipinski definition) is 2. The fourth-order valence-corrected chi connectivity index (χ4v) is 13.5. The third-order valence-electron chi connectivity index (χ3n) is 7.22. The van der Waals surface area contributed by atoms with Crippen molar-refractivity contribution in [1.82, 2.24) is 0 Å². The average molecular weight is 370 g/mol. The molecule has 0 bridgehead atoms. The second kappa shape index (κ2) is 8.21. The third kappa shape index (κ3) is 4.19. The Kier molecular flexibility index (Phi) is 6.21. The van der Waals surface area contributed by atoms with Crippen LogP contribution in [0.3, 0.4) is 0 Å². The summed E-state index contributed by atoms with van der Waals surface area (Å²) in [7, 11) is 0.269. The first-order chi connectivity index (χ1) is 11.8. The Morgan fingerprint density at radius 3 is 1.21 bits per heavy atom. The van der Waals surface area contributed by atoms with Crippen molar-refractivity contribution in [3.63, 3.8) is 0 Å². The molecule has 2 saturated carbocycles. The Labute approximate surface area is 150 Å². The maximum Gasteiger partial charge on any atom is 0.154 e. The normalized spacial score (nSPS) is 43.6. The van der Waals surface area contributed by atoms with E-state index in [0.717, 1.165) is 22.6 Å². The molecule has 0 spiro atoms. The molecule has 0 aromatic heterocycles. The SMILES string of the molecule is OC(O)C(CP1C2CCCCCCC21)CP1C2CCCCCCC21. The van der Waals surface area contributed by atoms with Gasteiger partial charge in [0.1, 0.15) is 0 Å². The minimum absolute atomic E-state index is 0.135. The molecule has 4 unspecified atom stereocenters. The van der Waals surface area contributed by atoms with Crippen LogP contribution in [-0.4, -0.2) is 51.5 Å². The molecule has 4 atom stereocenters. The lowest BCUT2D eigenvalue weighted by molar-refractivity contribution is -0.0707. The summed E-state index contributed by atoms with van der Waals surface area (Å²) in [5.74, 6) is 0.212. The predicted octanol–water partition coefficient (Wildman–Crippen LogP) is 5.09. The van der Waals surface area contributed by atoms with Crippen molar-refractivity contribution in [2.24, 2.45) is 5.92 Å². The van der Waals surface area contributed by atoms with Crippen molar-refractivity contribution in [1.29, 1.82) is 0 Å². The maximum absolute atomic E-state index is 10.0. The molecule has 4 fully saturated rings. The molecule has 4 rings (SSSR count). The van der Waals surface area contributed by atoms with E-state index in [1.807, 2.05) is 0 Å². The summed E-state index contributed by atoms with van der Waals surface area (Å²) in [5, 5.41) is 20.1. The summed E-state index contributed by atoms with van der Waals surface area (Å²) >= 11 is 0. The Morgan fingerprint density at radius 1 is 0.583 bits per heavy atom. The summed E-state index contributed by atoms with van der Waals surface area (Å²) in [4.78, 5) is 0. The first-order valence-corrected chi connectivity index (χ1v) is 14.0. The minimum Gasteiger partial charge on any atom is -0.368 e. The molecule has 4 heteroatoms. The first kappa shape index (κ1) is 18.2. The molecule has 2 aliphatic carbocycles. The highest BCUT2D eigenvalue weighted by molar-refractivity contribution is 7.68. The zero-order valence-corrected chi connectivity index (χ0v) is 16.9. The van der Waals surface area contributed by atoms with Crippen LogP contribution in [0.4, 0.5) is 0 Å². The van der Waals surface area contributed by atoms with Crippen molar-refractivity contribution >= 4 is 15.8 Å². The van der Waals surface area contributed by atoms with Crippen LogP contribution < -0.4 is 0 Å². The van der Waals surface area contributed by atoms with Gasteiger partial charge in [0.15, 0.2) is 6.29 Å². The van der Waals surface area contributed by atoms with Crippen LogP contribution in [0.25, 0.3) is 0 Å². The molecule has 138 valence electrons. The number of aliphatic hydroxyl groups is 2.